The number of aromatic amines is 1. The summed E-state index contributed by atoms with van der Waals surface area (Å²) < 4.78 is 7.85. The molecule has 1 unspecified atom stereocenters. The average Bonchev–Trinajstić information content (AvgIpc) is 3.52. The van der Waals surface area contributed by atoms with Crippen molar-refractivity contribution in [3.63, 3.8) is 0 Å². The summed E-state index contributed by atoms with van der Waals surface area (Å²) in [7, 11) is 3.58. The molecule has 9 nitrogen and oxygen atoms in total. The van der Waals surface area contributed by atoms with Crippen LogP contribution in [0.5, 0.6) is 0 Å². The Morgan fingerprint density at radius 3 is 2.72 bits per heavy atom. The molecule has 1 saturated heterocycles. The van der Waals surface area contributed by atoms with Crippen molar-refractivity contribution in [2.24, 2.45) is 0 Å². The molecule has 1 aliphatic heterocycles. The van der Waals surface area contributed by atoms with Crippen molar-refractivity contribution < 1.29 is 9.53 Å². The Morgan fingerprint density at radius 2 is 2.00 bits per heavy atom. The maximum Gasteiger partial charge on any atom is 0.236 e. The van der Waals surface area contributed by atoms with Crippen LogP contribution in [0.25, 0.3) is 28.2 Å². The minimum Gasteiger partial charge on any atom is -0.371 e. The van der Waals surface area contributed by atoms with Gasteiger partial charge in [-0.25, -0.2) is 9.50 Å². The Hall–Kier alpha value is -3.56. The van der Waals surface area contributed by atoms with Crippen molar-refractivity contribution in [3.05, 3.63) is 59.5 Å². The molecule has 4 heterocycles. The average molecular weight is 488 g/mol. The maximum absolute atomic E-state index is 12.1. The van der Waals surface area contributed by atoms with Gasteiger partial charge in [-0.05, 0) is 30.0 Å². The van der Waals surface area contributed by atoms with Crippen LogP contribution in [0.15, 0.2) is 42.9 Å². The standard InChI is InChI=1S/C27H33N7O2/c1-17(2)24-25(30-31-26(24)21-12-18(3)27-28-16-29-34(27)13-21)20-8-6-19(7-9-20)22-14-33(10-11-36-22)15-23(35)32(4)5/h6-9,12-13,16-17,22H,10-11,14-15H2,1-5H3,(H,30,31). The van der Waals surface area contributed by atoms with E-state index < -0.39 is 0 Å². The van der Waals surface area contributed by atoms with E-state index in [9.17, 15) is 4.79 Å². The first-order valence-corrected chi connectivity index (χ1v) is 12.3. The minimum atomic E-state index is -0.0561. The third-order valence-electron chi connectivity index (χ3n) is 6.79. The molecular formula is C27H33N7O2. The Balaban J connectivity index is 1.40. The Labute approximate surface area is 211 Å². The molecule has 1 atom stereocenters. The molecule has 1 aromatic carbocycles. The highest BCUT2D eigenvalue weighted by atomic mass is 16.5. The van der Waals surface area contributed by atoms with E-state index in [-0.39, 0.29) is 17.9 Å². The first-order chi connectivity index (χ1) is 17.3. The number of H-pyrrole nitrogens is 1. The normalized spacial score (nSPS) is 16.7. The van der Waals surface area contributed by atoms with E-state index in [1.165, 1.54) is 5.56 Å². The van der Waals surface area contributed by atoms with Crippen molar-refractivity contribution in [3.8, 4) is 22.5 Å². The van der Waals surface area contributed by atoms with Crippen LogP contribution in [0, 0.1) is 6.92 Å². The molecule has 0 aliphatic carbocycles. The molecular weight excluding hydrogens is 454 g/mol. The third-order valence-corrected chi connectivity index (χ3v) is 6.79. The van der Waals surface area contributed by atoms with Gasteiger partial charge in [0.05, 0.1) is 30.6 Å². The van der Waals surface area contributed by atoms with Crippen molar-refractivity contribution in [1.29, 1.82) is 0 Å². The number of aromatic nitrogens is 5. The third kappa shape index (κ3) is 4.64. The second-order valence-corrected chi connectivity index (χ2v) is 9.96. The summed E-state index contributed by atoms with van der Waals surface area (Å²) >= 11 is 0. The summed E-state index contributed by atoms with van der Waals surface area (Å²) in [5.74, 6) is 0.379. The Morgan fingerprint density at radius 1 is 1.22 bits per heavy atom. The number of morpholine rings is 1. The number of pyridine rings is 1. The fourth-order valence-electron chi connectivity index (χ4n) is 4.82. The first-order valence-electron chi connectivity index (χ1n) is 12.3. The SMILES string of the molecule is Cc1cc(-c2[nH]nc(-c3ccc(C4CN(CC(=O)N(C)C)CCO4)cc3)c2C(C)C)cn2ncnc12. The van der Waals surface area contributed by atoms with Crippen LogP contribution in [-0.2, 0) is 9.53 Å². The van der Waals surface area contributed by atoms with Crippen molar-refractivity contribution in [2.45, 2.75) is 32.8 Å². The van der Waals surface area contributed by atoms with Crippen LogP contribution in [0.4, 0.5) is 0 Å². The van der Waals surface area contributed by atoms with Crippen LogP contribution in [-0.4, -0.2) is 80.8 Å². The van der Waals surface area contributed by atoms with Gasteiger partial charge in [0.1, 0.15) is 6.33 Å². The second kappa shape index (κ2) is 9.83. The zero-order chi connectivity index (χ0) is 25.4. The molecule has 1 amide bonds. The quantitative estimate of drug-likeness (QED) is 0.446. The van der Waals surface area contributed by atoms with E-state index in [0.717, 1.165) is 45.8 Å². The number of fused-ring (bicyclic) bond motifs is 1. The molecule has 1 N–H and O–H groups in total. The van der Waals surface area contributed by atoms with Crippen LogP contribution in [0.3, 0.4) is 0 Å². The molecule has 188 valence electrons. The Kier molecular flexibility index (Phi) is 6.59. The fourth-order valence-corrected chi connectivity index (χ4v) is 4.82. The number of benzene rings is 1. The predicted molar refractivity (Wildman–Crippen MR) is 139 cm³/mol. The number of rotatable bonds is 6. The number of carbonyl (C=O) groups excluding carboxylic acids is 1. The lowest BCUT2D eigenvalue weighted by molar-refractivity contribution is -0.132. The van der Waals surface area contributed by atoms with E-state index in [2.05, 4.69) is 64.3 Å². The molecule has 0 bridgehead atoms. The van der Waals surface area contributed by atoms with Gasteiger partial charge in [0.2, 0.25) is 5.91 Å². The lowest BCUT2D eigenvalue weighted by atomic mass is 9.93. The molecule has 0 radical (unpaired) electrons. The number of carbonyl (C=O) groups is 1. The van der Waals surface area contributed by atoms with Gasteiger partial charge in [-0.3, -0.25) is 14.8 Å². The monoisotopic (exact) mass is 487 g/mol. The van der Waals surface area contributed by atoms with Crippen molar-refractivity contribution in [1.82, 2.24) is 34.6 Å². The number of ether oxygens (including phenoxy) is 1. The summed E-state index contributed by atoms with van der Waals surface area (Å²) in [5, 5.41) is 12.3. The van der Waals surface area contributed by atoms with Gasteiger partial charge >= 0.3 is 0 Å². The summed E-state index contributed by atoms with van der Waals surface area (Å²) in [4.78, 5) is 20.3. The summed E-state index contributed by atoms with van der Waals surface area (Å²) in [6.45, 7) is 8.92. The number of amides is 1. The highest BCUT2D eigenvalue weighted by molar-refractivity contribution is 5.78. The number of hydrogen-bond acceptors (Lipinski definition) is 6. The van der Waals surface area contributed by atoms with E-state index in [1.807, 2.05) is 17.6 Å². The van der Waals surface area contributed by atoms with Gasteiger partial charge in [-0.2, -0.15) is 10.2 Å². The van der Waals surface area contributed by atoms with E-state index in [1.54, 1.807) is 25.3 Å². The zero-order valence-electron chi connectivity index (χ0n) is 21.5. The molecule has 5 rings (SSSR count). The molecule has 3 aromatic heterocycles. The van der Waals surface area contributed by atoms with Gasteiger partial charge in [-0.15, -0.1) is 0 Å². The van der Waals surface area contributed by atoms with Gasteiger partial charge in [0.15, 0.2) is 5.65 Å². The molecule has 36 heavy (non-hydrogen) atoms. The Bertz CT molecular complexity index is 1370. The molecule has 9 heteroatoms. The number of likely N-dealkylation sites (N-methyl/N-ethyl adjacent to an activating group) is 1. The highest BCUT2D eigenvalue weighted by Gasteiger charge is 2.25. The van der Waals surface area contributed by atoms with Gasteiger partial charge in [0, 0.05) is 50.1 Å². The highest BCUT2D eigenvalue weighted by Crippen LogP contribution is 2.36. The summed E-state index contributed by atoms with van der Waals surface area (Å²) in [5.41, 5.74) is 8.24. The van der Waals surface area contributed by atoms with Crippen LogP contribution < -0.4 is 0 Å². The molecule has 0 spiro atoms. The molecule has 1 fully saturated rings. The lowest BCUT2D eigenvalue weighted by Gasteiger charge is -2.33. The first kappa shape index (κ1) is 24.1. The van der Waals surface area contributed by atoms with Crippen LogP contribution in [0.2, 0.25) is 0 Å². The molecule has 0 saturated carbocycles. The zero-order valence-corrected chi connectivity index (χ0v) is 21.5. The van der Waals surface area contributed by atoms with E-state index in [0.29, 0.717) is 19.7 Å². The van der Waals surface area contributed by atoms with E-state index in [4.69, 9.17) is 9.84 Å². The summed E-state index contributed by atoms with van der Waals surface area (Å²) in [6, 6.07) is 10.6. The van der Waals surface area contributed by atoms with Crippen molar-refractivity contribution in [2.75, 3.05) is 40.3 Å². The topological polar surface area (TPSA) is 91.7 Å². The second-order valence-electron chi connectivity index (χ2n) is 9.96. The molecule has 4 aromatic rings. The predicted octanol–water partition coefficient (Wildman–Crippen LogP) is 3.68. The number of nitrogens with zero attached hydrogens (tertiary/aromatic N) is 6. The van der Waals surface area contributed by atoms with Gasteiger partial charge in [-0.1, -0.05) is 38.1 Å². The number of aryl methyl sites for hydroxylation is 1. The minimum absolute atomic E-state index is 0.0561. The van der Waals surface area contributed by atoms with Gasteiger partial charge in [0.25, 0.3) is 0 Å². The number of hydrogen-bond donors (Lipinski definition) is 1. The van der Waals surface area contributed by atoms with Crippen molar-refractivity contribution >= 4 is 11.6 Å². The van der Waals surface area contributed by atoms with E-state index >= 15 is 0 Å². The maximum atomic E-state index is 12.1. The smallest absolute Gasteiger partial charge is 0.236 e. The molecule has 1 aliphatic rings. The van der Waals surface area contributed by atoms with Crippen LogP contribution >= 0.6 is 0 Å². The largest absolute Gasteiger partial charge is 0.371 e. The number of nitrogens with one attached hydrogen (secondary N) is 1. The van der Waals surface area contributed by atoms with Gasteiger partial charge < -0.3 is 9.64 Å². The summed E-state index contributed by atoms with van der Waals surface area (Å²) in [6.07, 6.45) is 3.51. The lowest BCUT2D eigenvalue weighted by Crippen LogP contribution is -2.43. The fraction of sp³-hybridized carbons (Fsp3) is 0.407. The van der Waals surface area contributed by atoms with Crippen LogP contribution in [0.1, 0.15) is 42.6 Å².